The molecule has 0 unspecified atom stereocenters. The second-order valence-electron chi connectivity index (χ2n) is 1.57. The van der Waals surface area contributed by atoms with Gasteiger partial charge in [0, 0.05) is 12.1 Å². The van der Waals surface area contributed by atoms with E-state index in [1.807, 2.05) is 0 Å². The van der Waals surface area contributed by atoms with Crippen molar-refractivity contribution in [2.45, 2.75) is 0 Å². The Morgan fingerprint density at radius 1 is 1.38 bits per heavy atom. The minimum atomic E-state index is 0.731. The van der Waals surface area contributed by atoms with E-state index in [2.05, 4.69) is 6.92 Å². The molecule has 0 aliphatic rings. The van der Waals surface area contributed by atoms with E-state index < -0.39 is 0 Å². The number of nitrogens with zero attached hydrogens (tertiary/aromatic N) is 1. The van der Waals surface area contributed by atoms with Crippen molar-refractivity contribution >= 4 is 0 Å². The normalized spacial score (nSPS) is 9.12. The first-order valence-electron chi connectivity index (χ1n) is 2.30. The number of hydrogen-bond acceptors (Lipinski definition) is 1. The average Bonchev–Trinajstić information content (AvgIpc) is 1.77. The van der Waals surface area contributed by atoms with Crippen LogP contribution in [0, 0.1) is 12.1 Å². The Hall–Kier alpha value is -1.05. The van der Waals surface area contributed by atoms with Crippen molar-refractivity contribution < 1.29 is 4.73 Å². The first-order valence-corrected chi connectivity index (χ1v) is 2.30. The van der Waals surface area contributed by atoms with Crippen LogP contribution in [0.1, 0.15) is 5.56 Å². The fourth-order valence-corrected chi connectivity index (χ4v) is 0.444. The van der Waals surface area contributed by atoms with Crippen LogP contribution in [0.2, 0.25) is 0 Å². The fraction of sp³-hybridized carbons (Fsp3) is 0. The third kappa shape index (κ3) is 0.964. The molecule has 0 spiro atoms. The summed E-state index contributed by atoms with van der Waals surface area (Å²) >= 11 is 0. The maximum absolute atomic E-state index is 10.3. The van der Waals surface area contributed by atoms with Crippen LogP contribution in [-0.4, -0.2) is 0 Å². The largest absolute Gasteiger partial charge is 0.619 e. The highest BCUT2D eigenvalue weighted by Crippen LogP contribution is 1.87. The molecule has 0 aliphatic heterocycles. The van der Waals surface area contributed by atoms with Gasteiger partial charge in [-0.3, -0.25) is 0 Å². The van der Waals surface area contributed by atoms with E-state index in [0.717, 1.165) is 10.3 Å². The van der Waals surface area contributed by atoms with E-state index in [-0.39, 0.29) is 0 Å². The molecular weight excluding hydrogens is 102 g/mol. The molecule has 0 amide bonds. The van der Waals surface area contributed by atoms with Crippen LogP contribution in [0.25, 0.3) is 0 Å². The lowest BCUT2D eigenvalue weighted by Gasteiger charge is -1.91. The summed E-state index contributed by atoms with van der Waals surface area (Å²) in [4.78, 5) is 0. The van der Waals surface area contributed by atoms with Crippen molar-refractivity contribution in [3.8, 4) is 0 Å². The second-order valence-corrected chi connectivity index (χ2v) is 1.57. The van der Waals surface area contributed by atoms with Gasteiger partial charge in [0.15, 0.2) is 12.4 Å². The van der Waals surface area contributed by atoms with Gasteiger partial charge in [-0.25, -0.2) is 0 Å². The molecule has 0 aromatic carbocycles. The molecule has 0 atom stereocenters. The van der Waals surface area contributed by atoms with Gasteiger partial charge in [-0.15, -0.1) is 0 Å². The van der Waals surface area contributed by atoms with Gasteiger partial charge in [0.2, 0.25) is 0 Å². The predicted molar refractivity (Wildman–Crippen MR) is 29.9 cm³/mol. The molecule has 41 valence electrons. The van der Waals surface area contributed by atoms with Gasteiger partial charge < -0.3 is 5.21 Å². The van der Waals surface area contributed by atoms with E-state index in [1.54, 1.807) is 12.1 Å². The summed E-state index contributed by atoms with van der Waals surface area (Å²) in [5, 5.41) is 10.3. The Kier molecular flexibility index (Phi) is 1.16. The lowest BCUT2D eigenvalue weighted by Crippen LogP contribution is -2.23. The molecule has 0 saturated heterocycles. The third-order valence-corrected chi connectivity index (χ3v) is 0.871. The van der Waals surface area contributed by atoms with Crippen LogP contribution in [0.4, 0.5) is 0 Å². The van der Waals surface area contributed by atoms with Crippen LogP contribution < -0.4 is 4.73 Å². The summed E-state index contributed by atoms with van der Waals surface area (Å²) in [7, 11) is 0. The quantitative estimate of drug-likeness (QED) is 0.351. The van der Waals surface area contributed by atoms with Gasteiger partial charge in [0.05, 0.1) is 0 Å². The van der Waals surface area contributed by atoms with E-state index >= 15 is 0 Å². The smallest absolute Gasteiger partial charge is 0.180 e. The molecule has 8 heavy (non-hydrogen) atoms. The van der Waals surface area contributed by atoms with Crippen LogP contribution in [0.3, 0.4) is 0 Å². The second kappa shape index (κ2) is 1.82. The molecule has 0 fully saturated rings. The highest BCUT2D eigenvalue weighted by molar-refractivity contribution is 5.09. The number of pyridine rings is 1. The van der Waals surface area contributed by atoms with Gasteiger partial charge >= 0.3 is 0 Å². The Labute approximate surface area is 48.0 Å². The van der Waals surface area contributed by atoms with E-state index in [1.165, 1.54) is 12.4 Å². The molecule has 0 aliphatic carbocycles. The highest BCUT2D eigenvalue weighted by atomic mass is 16.5. The maximum atomic E-state index is 10.3. The van der Waals surface area contributed by atoms with Gasteiger partial charge in [-0.1, -0.05) is 0 Å². The predicted octanol–water partition coefficient (Wildman–Crippen LogP) is 0.502. The number of hydrogen-bond donors (Lipinski definition) is 0. The Morgan fingerprint density at radius 3 is 2.25 bits per heavy atom. The summed E-state index contributed by atoms with van der Waals surface area (Å²) in [6.07, 6.45) is 2.84. The molecule has 1 aromatic heterocycles. The summed E-state index contributed by atoms with van der Waals surface area (Å²) < 4.78 is 0.731. The van der Waals surface area contributed by atoms with Crippen molar-refractivity contribution in [2.75, 3.05) is 0 Å². The first-order chi connectivity index (χ1) is 3.79. The monoisotopic (exact) mass is 108 g/mol. The minimum absolute atomic E-state index is 0.731. The van der Waals surface area contributed by atoms with E-state index in [4.69, 9.17) is 0 Å². The molecule has 0 saturated carbocycles. The summed E-state index contributed by atoms with van der Waals surface area (Å²) in [5.41, 5.74) is 0.858. The standard InChI is InChI=1S/C6H6NO/c1-6-2-4-7(8)5-3-6/h2-5H,1H2. The zero-order chi connectivity index (χ0) is 5.98. The molecule has 1 aromatic rings. The molecule has 0 bridgehead atoms. The first kappa shape index (κ1) is 5.09. The van der Waals surface area contributed by atoms with Crippen molar-refractivity contribution in [1.82, 2.24) is 0 Å². The lowest BCUT2D eigenvalue weighted by molar-refractivity contribution is -0.605. The SMILES string of the molecule is [CH2]c1cc[n+]([O-])cc1. The minimum Gasteiger partial charge on any atom is -0.619 e. The zero-order valence-electron chi connectivity index (χ0n) is 4.37. The Balaban J connectivity index is 3.03. The van der Waals surface area contributed by atoms with Crippen LogP contribution in [-0.2, 0) is 0 Å². The Morgan fingerprint density at radius 2 is 1.88 bits per heavy atom. The van der Waals surface area contributed by atoms with Gasteiger partial charge in [-0.2, -0.15) is 4.73 Å². The highest BCUT2D eigenvalue weighted by Gasteiger charge is 1.83. The van der Waals surface area contributed by atoms with Gasteiger partial charge in [-0.05, 0) is 12.5 Å². The molecule has 2 nitrogen and oxygen atoms in total. The summed E-state index contributed by atoms with van der Waals surface area (Å²) in [5.74, 6) is 0. The zero-order valence-corrected chi connectivity index (χ0v) is 4.37. The lowest BCUT2D eigenvalue weighted by atomic mass is 10.3. The van der Waals surface area contributed by atoms with Gasteiger partial charge in [0.25, 0.3) is 0 Å². The molecule has 1 rings (SSSR count). The van der Waals surface area contributed by atoms with Crippen molar-refractivity contribution in [3.63, 3.8) is 0 Å². The van der Waals surface area contributed by atoms with E-state index in [9.17, 15) is 5.21 Å². The summed E-state index contributed by atoms with van der Waals surface area (Å²) in [6.45, 7) is 3.61. The van der Waals surface area contributed by atoms with Crippen LogP contribution in [0.5, 0.6) is 0 Å². The van der Waals surface area contributed by atoms with Gasteiger partial charge in [0.1, 0.15) is 0 Å². The number of aromatic nitrogens is 1. The topological polar surface area (TPSA) is 26.9 Å². The summed E-state index contributed by atoms with van der Waals surface area (Å²) in [6, 6.07) is 3.32. The van der Waals surface area contributed by atoms with Crippen molar-refractivity contribution in [1.29, 1.82) is 0 Å². The van der Waals surface area contributed by atoms with Crippen molar-refractivity contribution in [2.24, 2.45) is 0 Å². The molecule has 2 heteroatoms. The van der Waals surface area contributed by atoms with E-state index in [0.29, 0.717) is 0 Å². The van der Waals surface area contributed by atoms with Crippen molar-refractivity contribution in [3.05, 3.63) is 42.2 Å². The molecule has 1 radical (unpaired) electrons. The van der Waals surface area contributed by atoms with Crippen LogP contribution in [0.15, 0.2) is 24.5 Å². The van der Waals surface area contributed by atoms with Crippen LogP contribution >= 0.6 is 0 Å². The third-order valence-electron chi connectivity index (χ3n) is 0.871. The fourth-order valence-electron chi connectivity index (χ4n) is 0.444. The molecular formula is C6H6NO. The maximum Gasteiger partial charge on any atom is 0.180 e. The average molecular weight is 108 g/mol. The molecule has 1 heterocycles. The Bertz CT molecular complexity index is 147. The molecule has 0 N–H and O–H groups in total. The number of rotatable bonds is 0.